The van der Waals surface area contributed by atoms with Gasteiger partial charge in [-0.15, -0.1) is 0 Å². The Balaban J connectivity index is 1.42. The molecule has 8 heteroatoms. The highest BCUT2D eigenvalue weighted by molar-refractivity contribution is 6.36. The maximum atomic E-state index is 14.3. The second kappa shape index (κ2) is 8.89. The van der Waals surface area contributed by atoms with E-state index >= 15 is 0 Å². The lowest BCUT2D eigenvalue weighted by molar-refractivity contribution is -0.122. The molecule has 3 amide bonds. The predicted octanol–water partition coefficient (Wildman–Crippen LogP) is 5.01. The van der Waals surface area contributed by atoms with Gasteiger partial charge in [-0.25, -0.2) is 10.3 Å². The van der Waals surface area contributed by atoms with Gasteiger partial charge in [-0.1, -0.05) is 84.4 Å². The number of nitrogens with one attached hydrogen (secondary N) is 1. The summed E-state index contributed by atoms with van der Waals surface area (Å²) < 4.78 is 0. The number of hydrogen-bond acceptors (Lipinski definition) is 5. The van der Waals surface area contributed by atoms with E-state index in [2.05, 4.69) is 10.5 Å². The van der Waals surface area contributed by atoms with Gasteiger partial charge in [-0.3, -0.25) is 14.4 Å². The highest BCUT2D eigenvalue weighted by Gasteiger charge is 2.68. The van der Waals surface area contributed by atoms with E-state index in [9.17, 15) is 19.5 Å². The maximum Gasteiger partial charge on any atom is 0.275 e. The van der Waals surface area contributed by atoms with Crippen molar-refractivity contribution >= 4 is 41.2 Å². The second-order valence-corrected chi connectivity index (χ2v) is 10.6. The predicted molar refractivity (Wildman–Crippen MR) is 150 cm³/mol. The number of para-hydroxylation sites is 2. The number of carbonyl (C=O) groups excluding carboxylic acids is 3. The van der Waals surface area contributed by atoms with Crippen LogP contribution in [-0.2, 0) is 15.0 Å². The number of aromatic hydroxyl groups is 1. The smallest absolute Gasteiger partial charge is 0.275 e. The lowest BCUT2D eigenvalue weighted by atomic mass is 9.47. The largest absolute Gasteiger partial charge is 0.507 e. The molecule has 0 spiro atoms. The van der Waals surface area contributed by atoms with Crippen LogP contribution in [0.15, 0.2) is 102 Å². The van der Waals surface area contributed by atoms with Gasteiger partial charge >= 0.3 is 0 Å². The minimum absolute atomic E-state index is 0.0696. The highest BCUT2D eigenvalue weighted by atomic mass is 35.5. The van der Waals surface area contributed by atoms with Crippen molar-refractivity contribution < 1.29 is 19.5 Å². The van der Waals surface area contributed by atoms with E-state index in [0.29, 0.717) is 10.7 Å². The van der Waals surface area contributed by atoms with Crippen LogP contribution in [0.4, 0.5) is 5.69 Å². The number of imide groups is 1. The topological polar surface area (TPSA) is 99.1 Å². The number of benzene rings is 4. The van der Waals surface area contributed by atoms with Gasteiger partial charge in [0.2, 0.25) is 11.8 Å². The molecule has 196 valence electrons. The summed E-state index contributed by atoms with van der Waals surface area (Å²) in [5, 5.41) is 14.8. The summed E-state index contributed by atoms with van der Waals surface area (Å²) in [6, 6.07) is 28.6. The first-order valence-electron chi connectivity index (χ1n) is 12.9. The summed E-state index contributed by atoms with van der Waals surface area (Å²) in [5.41, 5.74) is 5.42. The van der Waals surface area contributed by atoms with E-state index in [-0.39, 0.29) is 29.0 Å². The number of carbonyl (C=O) groups is 3. The maximum absolute atomic E-state index is 14.3. The van der Waals surface area contributed by atoms with Gasteiger partial charge < -0.3 is 5.11 Å². The quantitative estimate of drug-likeness (QED) is 0.213. The zero-order valence-electron chi connectivity index (χ0n) is 21.0. The minimum Gasteiger partial charge on any atom is -0.507 e. The monoisotopic (exact) mass is 547 g/mol. The van der Waals surface area contributed by atoms with Crippen LogP contribution in [-0.4, -0.2) is 29.0 Å². The molecule has 4 aliphatic rings. The standard InChI is InChI=1S/C32H22ClN3O4/c33-23-14-6-7-15-24(23)36-30(39)27-26-18-9-1-4-12-21(18)32(28(27)31(36)40,22-13-5-2-10-19(22)26)17-34-35-29(38)20-11-3-8-16-25(20)37/h1-17,26-28,37H,(H,35,38)/b34-17-/t26?,27-,28+,32?/m1/s1. The molecular formula is C32H22ClN3O4. The third-order valence-electron chi connectivity index (χ3n) is 8.36. The van der Waals surface area contributed by atoms with Crippen molar-refractivity contribution in [3.8, 4) is 5.75 Å². The number of phenols is 1. The number of hydrogen-bond donors (Lipinski definition) is 2. The number of rotatable bonds is 4. The molecule has 3 aliphatic carbocycles. The van der Waals surface area contributed by atoms with E-state index < -0.39 is 23.2 Å². The van der Waals surface area contributed by atoms with E-state index in [0.717, 1.165) is 22.3 Å². The van der Waals surface area contributed by atoms with Crippen LogP contribution in [0.2, 0.25) is 5.02 Å². The van der Waals surface area contributed by atoms with Crippen LogP contribution >= 0.6 is 11.6 Å². The Bertz CT molecular complexity index is 1720. The molecule has 40 heavy (non-hydrogen) atoms. The number of halogens is 1. The van der Waals surface area contributed by atoms with E-state index in [1.807, 2.05) is 48.5 Å². The average Bonchev–Trinajstić information content (AvgIpc) is 3.24. The first-order valence-corrected chi connectivity index (χ1v) is 13.3. The summed E-state index contributed by atoms with van der Waals surface area (Å²) >= 11 is 6.48. The molecule has 1 aliphatic heterocycles. The molecule has 4 aromatic rings. The van der Waals surface area contributed by atoms with Gasteiger partial charge in [0, 0.05) is 12.1 Å². The Morgan fingerprint density at radius 2 is 1.45 bits per heavy atom. The van der Waals surface area contributed by atoms with Crippen molar-refractivity contribution in [2.75, 3.05) is 4.90 Å². The number of amides is 3. The van der Waals surface area contributed by atoms with Gasteiger partial charge in [-0.2, -0.15) is 5.10 Å². The van der Waals surface area contributed by atoms with E-state index in [1.54, 1.807) is 42.6 Å². The van der Waals surface area contributed by atoms with E-state index in [1.165, 1.54) is 17.0 Å². The summed E-state index contributed by atoms with van der Waals surface area (Å²) in [4.78, 5) is 42.6. The number of hydrazone groups is 1. The molecule has 1 saturated heterocycles. The van der Waals surface area contributed by atoms with Crippen LogP contribution in [0.3, 0.4) is 0 Å². The Kier molecular flexibility index (Phi) is 5.40. The van der Waals surface area contributed by atoms with Gasteiger partial charge in [0.05, 0.1) is 33.5 Å². The number of nitrogens with zero attached hydrogens (tertiary/aromatic N) is 2. The number of phenolic OH excluding ortho intramolecular Hbond substituents is 1. The highest BCUT2D eigenvalue weighted by Crippen LogP contribution is 2.63. The van der Waals surface area contributed by atoms with E-state index in [4.69, 9.17) is 11.6 Å². The molecule has 0 unspecified atom stereocenters. The van der Waals surface area contributed by atoms with Crippen molar-refractivity contribution in [3.05, 3.63) is 130 Å². The fraction of sp³-hybridized carbons (Fsp3) is 0.125. The molecule has 0 radical (unpaired) electrons. The van der Waals surface area contributed by atoms with Crippen LogP contribution in [0.5, 0.6) is 5.75 Å². The lowest BCUT2D eigenvalue weighted by Crippen LogP contribution is -2.54. The van der Waals surface area contributed by atoms with Crippen LogP contribution in [0.25, 0.3) is 0 Å². The molecule has 7 nitrogen and oxygen atoms in total. The lowest BCUT2D eigenvalue weighted by Gasteiger charge is -2.52. The fourth-order valence-electron chi connectivity index (χ4n) is 6.84. The molecule has 0 saturated carbocycles. The molecule has 1 fully saturated rings. The zero-order valence-corrected chi connectivity index (χ0v) is 21.7. The number of anilines is 1. The van der Waals surface area contributed by atoms with Crippen molar-refractivity contribution in [3.63, 3.8) is 0 Å². The second-order valence-electron chi connectivity index (χ2n) is 10.2. The SMILES string of the molecule is O=C(N/N=C\C12c3ccccc3C(c3ccccc31)[C@H]1C(=O)N(c3ccccc3Cl)C(=O)[C@H]12)c1ccccc1O. The molecule has 1 heterocycles. The summed E-state index contributed by atoms with van der Waals surface area (Å²) in [5.74, 6) is -3.27. The molecule has 8 rings (SSSR count). The van der Waals surface area contributed by atoms with Crippen LogP contribution in [0, 0.1) is 11.8 Å². The minimum atomic E-state index is -1.14. The van der Waals surface area contributed by atoms with Crippen molar-refractivity contribution in [1.29, 1.82) is 0 Å². The Morgan fingerprint density at radius 3 is 2.12 bits per heavy atom. The first-order chi connectivity index (χ1) is 19.4. The van der Waals surface area contributed by atoms with Crippen LogP contribution in [0.1, 0.15) is 38.5 Å². The zero-order chi connectivity index (χ0) is 27.6. The summed E-state index contributed by atoms with van der Waals surface area (Å²) in [6.45, 7) is 0. The Hall–Kier alpha value is -4.75. The first kappa shape index (κ1) is 24.3. The summed E-state index contributed by atoms with van der Waals surface area (Å²) in [6.07, 6.45) is 1.58. The summed E-state index contributed by atoms with van der Waals surface area (Å²) in [7, 11) is 0. The molecule has 2 N–H and O–H groups in total. The Labute approximate surface area is 234 Å². The fourth-order valence-corrected chi connectivity index (χ4v) is 7.06. The van der Waals surface area contributed by atoms with Crippen molar-refractivity contribution in [2.45, 2.75) is 11.3 Å². The van der Waals surface area contributed by atoms with Gasteiger partial charge in [0.15, 0.2) is 0 Å². The average molecular weight is 548 g/mol. The molecular weight excluding hydrogens is 526 g/mol. The molecule has 4 aromatic carbocycles. The third-order valence-corrected chi connectivity index (χ3v) is 8.68. The van der Waals surface area contributed by atoms with Gasteiger partial charge in [0.1, 0.15) is 5.75 Å². The molecule has 2 atom stereocenters. The normalized spacial score (nSPS) is 24.1. The van der Waals surface area contributed by atoms with Crippen LogP contribution < -0.4 is 10.3 Å². The third kappa shape index (κ3) is 3.18. The van der Waals surface area contributed by atoms with Gasteiger partial charge in [-0.05, 0) is 46.5 Å². The molecule has 2 bridgehead atoms. The van der Waals surface area contributed by atoms with Crippen molar-refractivity contribution in [1.82, 2.24) is 5.43 Å². The van der Waals surface area contributed by atoms with Gasteiger partial charge in [0.25, 0.3) is 5.91 Å². The Morgan fingerprint density at radius 1 is 0.850 bits per heavy atom. The van der Waals surface area contributed by atoms with Crippen molar-refractivity contribution in [2.24, 2.45) is 16.9 Å². The molecule has 0 aromatic heterocycles.